The van der Waals surface area contributed by atoms with Gasteiger partial charge >= 0.3 is 0 Å². The maximum Gasteiger partial charge on any atom is 0.0218 e. The monoisotopic (exact) mass is 189 g/mol. The van der Waals surface area contributed by atoms with Crippen LogP contribution in [0.25, 0.3) is 0 Å². The van der Waals surface area contributed by atoms with Gasteiger partial charge in [-0.15, -0.1) is 0 Å². The minimum Gasteiger partial charge on any atom is -0.314 e. The molecular weight excluding hydrogens is 170 g/mol. The van der Waals surface area contributed by atoms with Gasteiger partial charge in [-0.05, 0) is 38.4 Å². The molecule has 1 heteroatoms. The SMILES string of the molecule is CNC(C)/C=C\Cc1ccccc1C. The third-order valence-corrected chi connectivity index (χ3v) is 2.48. The van der Waals surface area contributed by atoms with Crippen molar-refractivity contribution < 1.29 is 0 Å². The molecule has 1 aromatic carbocycles. The van der Waals surface area contributed by atoms with E-state index in [4.69, 9.17) is 0 Å². The summed E-state index contributed by atoms with van der Waals surface area (Å²) >= 11 is 0. The normalized spacial score (nSPS) is 13.4. The Morgan fingerprint density at radius 1 is 1.36 bits per heavy atom. The van der Waals surface area contributed by atoms with Crippen LogP contribution in [0.3, 0.4) is 0 Å². The lowest BCUT2D eigenvalue weighted by Crippen LogP contribution is -2.17. The summed E-state index contributed by atoms with van der Waals surface area (Å²) in [5.41, 5.74) is 2.78. The summed E-state index contributed by atoms with van der Waals surface area (Å²) in [6.07, 6.45) is 5.45. The summed E-state index contributed by atoms with van der Waals surface area (Å²) in [5, 5.41) is 3.18. The predicted molar refractivity (Wildman–Crippen MR) is 62.5 cm³/mol. The fourth-order valence-corrected chi connectivity index (χ4v) is 1.33. The molecule has 1 unspecified atom stereocenters. The summed E-state index contributed by atoms with van der Waals surface area (Å²) in [4.78, 5) is 0. The van der Waals surface area contributed by atoms with Crippen LogP contribution in [0.15, 0.2) is 36.4 Å². The zero-order valence-electron chi connectivity index (χ0n) is 9.25. The number of aryl methyl sites for hydroxylation is 1. The highest BCUT2D eigenvalue weighted by Gasteiger charge is 1.94. The molecule has 0 fully saturated rings. The van der Waals surface area contributed by atoms with Gasteiger partial charge in [-0.1, -0.05) is 36.4 Å². The molecule has 1 nitrogen and oxygen atoms in total. The maximum atomic E-state index is 3.18. The summed E-state index contributed by atoms with van der Waals surface area (Å²) in [5.74, 6) is 0. The van der Waals surface area contributed by atoms with Crippen LogP contribution in [-0.2, 0) is 6.42 Å². The van der Waals surface area contributed by atoms with Crippen LogP contribution in [0.2, 0.25) is 0 Å². The van der Waals surface area contributed by atoms with E-state index >= 15 is 0 Å². The molecule has 0 saturated heterocycles. The lowest BCUT2D eigenvalue weighted by Gasteiger charge is -2.04. The first-order valence-corrected chi connectivity index (χ1v) is 5.12. The highest BCUT2D eigenvalue weighted by Crippen LogP contribution is 2.08. The molecule has 0 amide bonds. The zero-order valence-corrected chi connectivity index (χ0v) is 9.25. The Balaban J connectivity index is 2.53. The van der Waals surface area contributed by atoms with Crippen molar-refractivity contribution in [3.05, 3.63) is 47.5 Å². The molecule has 14 heavy (non-hydrogen) atoms. The van der Waals surface area contributed by atoms with Crippen molar-refractivity contribution in [1.29, 1.82) is 0 Å². The van der Waals surface area contributed by atoms with Crippen LogP contribution in [0.4, 0.5) is 0 Å². The standard InChI is InChI=1S/C13H19N/c1-11-7-4-5-9-13(11)10-6-8-12(2)14-3/h4-9,12,14H,10H2,1-3H3/b8-6-. The number of likely N-dealkylation sites (N-methyl/N-ethyl adjacent to an activating group) is 1. The number of hydrogen-bond acceptors (Lipinski definition) is 1. The minimum absolute atomic E-state index is 0.457. The molecule has 1 aromatic rings. The van der Waals surface area contributed by atoms with Crippen molar-refractivity contribution in [2.24, 2.45) is 0 Å². The number of allylic oxidation sites excluding steroid dienone is 1. The fourth-order valence-electron chi connectivity index (χ4n) is 1.33. The third-order valence-electron chi connectivity index (χ3n) is 2.48. The molecule has 0 aromatic heterocycles. The lowest BCUT2D eigenvalue weighted by molar-refractivity contribution is 0.727. The Labute approximate surface area is 86.8 Å². The minimum atomic E-state index is 0.457. The van der Waals surface area contributed by atoms with Gasteiger partial charge in [0.1, 0.15) is 0 Å². The molecule has 0 heterocycles. The van der Waals surface area contributed by atoms with Crippen LogP contribution in [0, 0.1) is 6.92 Å². The molecule has 76 valence electrons. The van der Waals surface area contributed by atoms with E-state index in [1.54, 1.807) is 0 Å². The van der Waals surface area contributed by atoms with Crippen molar-refractivity contribution in [1.82, 2.24) is 5.32 Å². The van der Waals surface area contributed by atoms with Crippen LogP contribution in [0.1, 0.15) is 18.1 Å². The summed E-state index contributed by atoms with van der Waals surface area (Å²) in [7, 11) is 1.97. The molecule has 0 spiro atoms. The number of benzene rings is 1. The molecular formula is C13H19N. The van der Waals surface area contributed by atoms with Crippen molar-refractivity contribution in [3.8, 4) is 0 Å². The molecule has 1 N–H and O–H groups in total. The average molecular weight is 189 g/mol. The van der Waals surface area contributed by atoms with Gasteiger partial charge in [0, 0.05) is 6.04 Å². The second kappa shape index (κ2) is 5.61. The van der Waals surface area contributed by atoms with Crippen molar-refractivity contribution in [2.75, 3.05) is 7.05 Å². The highest BCUT2D eigenvalue weighted by molar-refractivity contribution is 5.27. The fraction of sp³-hybridized carbons (Fsp3) is 0.385. The van der Waals surface area contributed by atoms with E-state index in [-0.39, 0.29) is 0 Å². The first kappa shape index (κ1) is 11.0. The van der Waals surface area contributed by atoms with Gasteiger partial charge in [0.05, 0.1) is 0 Å². The quantitative estimate of drug-likeness (QED) is 0.718. The summed E-state index contributed by atoms with van der Waals surface area (Å²) in [6.45, 7) is 4.30. The smallest absolute Gasteiger partial charge is 0.0218 e. The average Bonchev–Trinajstić information content (AvgIpc) is 2.20. The highest BCUT2D eigenvalue weighted by atomic mass is 14.8. The van der Waals surface area contributed by atoms with E-state index < -0.39 is 0 Å². The first-order valence-electron chi connectivity index (χ1n) is 5.12. The van der Waals surface area contributed by atoms with Crippen molar-refractivity contribution in [2.45, 2.75) is 26.3 Å². The Kier molecular flexibility index (Phi) is 4.41. The number of rotatable bonds is 4. The molecule has 0 aliphatic carbocycles. The topological polar surface area (TPSA) is 12.0 Å². The van der Waals surface area contributed by atoms with E-state index in [9.17, 15) is 0 Å². The van der Waals surface area contributed by atoms with Crippen molar-refractivity contribution in [3.63, 3.8) is 0 Å². The van der Waals surface area contributed by atoms with Gasteiger partial charge in [0.2, 0.25) is 0 Å². The molecule has 0 bridgehead atoms. The van der Waals surface area contributed by atoms with Crippen LogP contribution < -0.4 is 5.32 Å². The predicted octanol–water partition coefficient (Wildman–Crippen LogP) is 2.70. The molecule has 1 rings (SSSR count). The van der Waals surface area contributed by atoms with Crippen LogP contribution >= 0.6 is 0 Å². The van der Waals surface area contributed by atoms with Gasteiger partial charge < -0.3 is 5.32 Å². The Morgan fingerprint density at radius 2 is 2.07 bits per heavy atom. The lowest BCUT2D eigenvalue weighted by atomic mass is 10.1. The van der Waals surface area contributed by atoms with Gasteiger partial charge in [-0.3, -0.25) is 0 Å². The molecule has 1 atom stereocenters. The third kappa shape index (κ3) is 3.35. The second-order valence-electron chi connectivity index (χ2n) is 3.64. The summed E-state index contributed by atoms with van der Waals surface area (Å²) in [6, 6.07) is 8.98. The van der Waals surface area contributed by atoms with Gasteiger partial charge in [-0.25, -0.2) is 0 Å². The van der Waals surface area contributed by atoms with Gasteiger partial charge in [0.25, 0.3) is 0 Å². The Bertz CT molecular complexity index is 302. The maximum absolute atomic E-state index is 3.18. The molecule has 0 aliphatic heterocycles. The number of nitrogens with one attached hydrogen (secondary N) is 1. The zero-order chi connectivity index (χ0) is 10.4. The van der Waals surface area contributed by atoms with Crippen molar-refractivity contribution >= 4 is 0 Å². The molecule has 0 saturated carbocycles. The van der Waals surface area contributed by atoms with Crippen LogP contribution in [0.5, 0.6) is 0 Å². The van der Waals surface area contributed by atoms with Gasteiger partial charge in [-0.2, -0.15) is 0 Å². The van der Waals surface area contributed by atoms with E-state index in [1.807, 2.05) is 7.05 Å². The van der Waals surface area contributed by atoms with Gasteiger partial charge in [0.15, 0.2) is 0 Å². The molecule has 0 aliphatic rings. The van der Waals surface area contributed by atoms with E-state index in [1.165, 1.54) is 11.1 Å². The Morgan fingerprint density at radius 3 is 2.71 bits per heavy atom. The van der Waals surface area contributed by atoms with Crippen LogP contribution in [-0.4, -0.2) is 13.1 Å². The van der Waals surface area contributed by atoms with E-state index in [0.29, 0.717) is 6.04 Å². The first-order chi connectivity index (χ1) is 6.74. The number of hydrogen-bond donors (Lipinski definition) is 1. The molecule has 0 radical (unpaired) electrons. The Hall–Kier alpha value is -1.08. The second-order valence-corrected chi connectivity index (χ2v) is 3.64. The van der Waals surface area contributed by atoms with E-state index in [0.717, 1.165) is 6.42 Å². The summed E-state index contributed by atoms with van der Waals surface area (Å²) < 4.78 is 0. The van der Waals surface area contributed by atoms with E-state index in [2.05, 4.69) is 55.6 Å². The largest absolute Gasteiger partial charge is 0.314 e.